The van der Waals surface area contributed by atoms with Gasteiger partial charge in [0.25, 0.3) is 0 Å². The van der Waals surface area contributed by atoms with Crippen LogP contribution in [0.2, 0.25) is 0 Å². The van der Waals surface area contributed by atoms with Crippen molar-refractivity contribution in [3.8, 4) is 0 Å². The molecule has 0 amide bonds. The molecular weight excluding hydrogens is 232 g/mol. The molecule has 2 aliphatic rings. The SMILES string of the molecule is CC1CCCC(N(C)C2CC(C(C)C)CCC2N)C1. The van der Waals surface area contributed by atoms with Crippen LogP contribution >= 0.6 is 0 Å². The van der Waals surface area contributed by atoms with Crippen LogP contribution in [-0.2, 0) is 0 Å². The second-order valence-electron chi connectivity index (χ2n) is 7.64. The first-order valence-electron chi connectivity index (χ1n) is 8.46. The summed E-state index contributed by atoms with van der Waals surface area (Å²) in [6, 6.07) is 1.80. The van der Waals surface area contributed by atoms with Crippen LogP contribution in [0.1, 0.15) is 65.7 Å². The number of nitrogens with zero attached hydrogens (tertiary/aromatic N) is 1. The van der Waals surface area contributed by atoms with Gasteiger partial charge in [0.2, 0.25) is 0 Å². The van der Waals surface area contributed by atoms with Crippen molar-refractivity contribution in [3.05, 3.63) is 0 Å². The molecule has 5 atom stereocenters. The van der Waals surface area contributed by atoms with Crippen molar-refractivity contribution in [1.82, 2.24) is 4.90 Å². The molecule has 0 aromatic carbocycles. The van der Waals surface area contributed by atoms with E-state index in [1.54, 1.807) is 0 Å². The molecule has 2 N–H and O–H groups in total. The Hall–Kier alpha value is -0.0800. The van der Waals surface area contributed by atoms with Crippen LogP contribution in [0.5, 0.6) is 0 Å². The Morgan fingerprint density at radius 3 is 2.42 bits per heavy atom. The first-order chi connectivity index (χ1) is 8.99. The Morgan fingerprint density at radius 1 is 1.05 bits per heavy atom. The number of nitrogens with two attached hydrogens (primary N) is 1. The molecule has 2 rings (SSSR count). The normalized spacial score (nSPS) is 40.9. The number of hydrogen-bond acceptors (Lipinski definition) is 2. The molecule has 0 bridgehead atoms. The molecule has 0 aromatic rings. The molecule has 0 aromatic heterocycles. The summed E-state index contributed by atoms with van der Waals surface area (Å²) in [6.45, 7) is 7.17. The molecule has 2 saturated carbocycles. The molecule has 2 fully saturated rings. The highest BCUT2D eigenvalue weighted by Crippen LogP contribution is 2.35. The van der Waals surface area contributed by atoms with E-state index in [1.807, 2.05) is 0 Å². The summed E-state index contributed by atoms with van der Waals surface area (Å²) in [5.74, 6) is 2.60. The average molecular weight is 266 g/mol. The lowest BCUT2D eigenvalue weighted by atomic mass is 9.75. The van der Waals surface area contributed by atoms with Gasteiger partial charge in [-0.15, -0.1) is 0 Å². The van der Waals surface area contributed by atoms with Crippen LogP contribution in [0.25, 0.3) is 0 Å². The quantitative estimate of drug-likeness (QED) is 0.845. The van der Waals surface area contributed by atoms with Crippen molar-refractivity contribution in [2.75, 3.05) is 7.05 Å². The number of likely N-dealkylation sites (N-methyl/N-ethyl adjacent to an activating group) is 1. The minimum atomic E-state index is 0.400. The zero-order valence-corrected chi connectivity index (χ0v) is 13.4. The largest absolute Gasteiger partial charge is 0.326 e. The average Bonchev–Trinajstić information content (AvgIpc) is 2.38. The maximum Gasteiger partial charge on any atom is 0.0249 e. The summed E-state index contributed by atoms with van der Waals surface area (Å²) in [5, 5.41) is 0. The van der Waals surface area contributed by atoms with Crippen molar-refractivity contribution < 1.29 is 0 Å². The van der Waals surface area contributed by atoms with Crippen molar-refractivity contribution in [3.63, 3.8) is 0 Å². The fraction of sp³-hybridized carbons (Fsp3) is 1.00. The van der Waals surface area contributed by atoms with Crippen molar-refractivity contribution in [1.29, 1.82) is 0 Å². The standard InChI is InChI=1S/C17H34N2/c1-12(2)14-8-9-16(18)17(11-14)19(4)15-7-5-6-13(3)10-15/h12-17H,5-11,18H2,1-4H3. The van der Waals surface area contributed by atoms with E-state index in [-0.39, 0.29) is 0 Å². The summed E-state index contributed by atoms with van der Waals surface area (Å²) in [6.07, 6.45) is 9.48. The highest BCUT2D eigenvalue weighted by Gasteiger charge is 2.35. The van der Waals surface area contributed by atoms with Gasteiger partial charge in [-0.05, 0) is 56.9 Å². The fourth-order valence-electron chi connectivity index (χ4n) is 4.32. The molecular formula is C17H34N2. The maximum atomic E-state index is 6.44. The van der Waals surface area contributed by atoms with Gasteiger partial charge in [-0.3, -0.25) is 4.90 Å². The smallest absolute Gasteiger partial charge is 0.0249 e. The molecule has 19 heavy (non-hydrogen) atoms. The van der Waals surface area contributed by atoms with Gasteiger partial charge in [0, 0.05) is 18.1 Å². The minimum absolute atomic E-state index is 0.400. The molecule has 2 nitrogen and oxygen atoms in total. The number of hydrogen-bond donors (Lipinski definition) is 1. The minimum Gasteiger partial charge on any atom is -0.326 e. The van der Waals surface area contributed by atoms with E-state index >= 15 is 0 Å². The lowest BCUT2D eigenvalue weighted by molar-refractivity contribution is 0.0594. The molecule has 0 heterocycles. The van der Waals surface area contributed by atoms with Crippen molar-refractivity contribution in [2.24, 2.45) is 23.5 Å². The molecule has 2 heteroatoms. The summed E-state index contributed by atoms with van der Waals surface area (Å²) >= 11 is 0. The van der Waals surface area contributed by atoms with E-state index in [2.05, 4.69) is 32.7 Å². The highest BCUT2D eigenvalue weighted by atomic mass is 15.2. The predicted octanol–water partition coefficient (Wildman–Crippen LogP) is 3.65. The Bertz CT molecular complexity index is 276. The van der Waals surface area contributed by atoms with E-state index in [1.165, 1.54) is 44.9 Å². The third-order valence-corrected chi connectivity index (χ3v) is 5.86. The van der Waals surface area contributed by atoms with Gasteiger partial charge in [-0.2, -0.15) is 0 Å². The Morgan fingerprint density at radius 2 is 1.79 bits per heavy atom. The van der Waals surface area contributed by atoms with Gasteiger partial charge in [-0.25, -0.2) is 0 Å². The van der Waals surface area contributed by atoms with E-state index in [0.717, 1.165) is 23.8 Å². The van der Waals surface area contributed by atoms with Crippen LogP contribution in [0, 0.1) is 17.8 Å². The van der Waals surface area contributed by atoms with Crippen molar-refractivity contribution in [2.45, 2.75) is 83.8 Å². The molecule has 112 valence electrons. The van der Waals surface area contributed by atoms with Gasteiger partial charge in [0.1, 0.15) is 0 Å². The second kappa shape index (κ2) is 6.58. The van der Waals surface area contributed by atoms with Crippen LogP contribution in [0.15, 0.2) is 0 Å². The lowest BCUT2D eigenvalue weighted by Crippen LogP contribution is -2.54. The third-order valence-electron chi connectivity index (χ3n) is 5.86. The molecule has 5 unspecified atom stereocenters. The van der Waals surface area contributed by atoms with Crippen molar-refractivity contribution >= 4 is 0 Å². The first-order valence-corrected chi connectivity index (χ1v) is 8.46. The first kappa shape index (κ1) is 15.3. The van der Waals surface area contributed by atoms with Crippen LogP contribution < -0.4 is 5.73 Å². The summed E-state index contributed by atoms with van der Waals surface area (Å²) < 4.78 is 0. The third kappa shape index (κ3) is 3.72. The Labute approximate surface area is 120 Å². The van der Waals surface area contributed by atoms with E-state index in [0.29, 0.717) is 12.1 Å². The van der Waals surface area contributed by atoms with Crippen LogP contribution in [0.3, 0.4) is 0 Å². The molecule has 0 spiro atoms. The van der Waals surface area contributed by atoms with E-state index in [4.69, 9.17) is 5.73 Å². The number of rotatable bonds is 3. The molecule has 0 aliphatic heterocycles. The summed E-state index contributed by atoms with van der Waals surface area (Å²) in [7, 11) is 2.34. The zero-order valence-electron chi connectivity index (χ0n) is 13.4. The van der Waals surface area contributed by atoms with Gasteiger partial charge in [0.15, 0.2) is 0 Å². The Kier molecular flexibility index (Phi) is 5.30. The maximum absolute atomic E-state index is 6.44. The predicted molar refractivity (Wildman–Crippen MR) is 83.1 cm³/mol. The lowest BCUT2D eigenvalue weighted by Gasteiger charge is -2.45. The summed E-state index contributed by atoms with van der Waals surface area (Å²) in [5.41, 5.74) is 6.44. The van der Waals surface area contributed by atoms with E-state index in [9.17, 15) is 0 Å². The second-order valence-corrected chi connectivity index (χ2v) is 7.64. The van der Waals surface area contributed by atoms with Gasteiger partial charge >= 0.3 is 0 Å². The summed E-state index contributed by atoms with van der Waals surface area (Å²) in [4.78, 5) is 2.66. The fourth-order valence-corrected chi connectivity index (χ4v) is 4.32. The molecule has 2 aliphatic carbocycles. The topological polar surface area (TPSA) is 29.3 Å². The van der Waals surface area contributed by atoms with Gasteiger partial charge in [-0.1, -0.05) is 33.6 Å². The molecule has 0 saturated heterocycles. The van der Waals surface area contributed by atoms with Gasteiger partial charge in [0.05, 0.1) is 0 Å². The van der Waals surface area contributed by atoms with E-state index < -0.39 is 0 Å². The molecule has 0 radical (unpaired) electrons. The van der Waals surface area contributed by atoms with Crippen LogP contribution in [-0.4, -0.2) is 30.1 Å². The zero-order chi connectivity index (χ0) is 14.0. The monoisotopic (exact) mass is 266 g/mol. The van der Waals surface area contributed by atoms with Crippen LogP contribution in [0.4, 0.5) is 0 Å². The highest BCUT2D eigenvalue weighted by molar-refractivity contribution is 4.92. The Balaban J connectivity index is 1.97. The van der Waals surface area contributed by atoms with Gasteiger partial charge < -0.3 is 5.73 Å².